The molecule has 0 amide bonds. The van der Waals surface area contributed by atoms with Gasteiger partial charge in [-0.2, -0.15) is 0 Å². The Bertz CT molecular complexity index is 322. The van der Waals surface area contributed by atoms with Crippen molar-refractivity contribution >= 4 is 12.0 Å². The Hall–Kier alpha value is -1.26. The molecule has 1 rings (SSSR count). The second kappa shape index (κ2) is 4.69. The molecule has 0 unspecified atom stereocenters. The summed E-state index contributed by atoms with van der Waals surface area (Å²) in [6.07, 6.45) is 0. The fourth-order valence-electron chi connectivity index (χ4n) is 0.393. The Kier molecular flexibility index (Phi) is 4.23. The SMILES string of the molecule is O=[N+]([O-])[N-]c1nc([N+](=O)[O-])no1.[Na+]. The Morgan fingerprint density at radius 2 is 2.00 bits per heavy atom. The molecular formula is C2N5NaO5. The van der Waals surface area contributed by atoms with E-state index < -0.39 is 21.9 Å². The zero-order chi connectivity index (χ0) is 9.14. The first kappa shape index (κ1) is 11.7. The van der Waals surface area contributed by atoms with E-state index in [0.29, 0.717) is 0 Å². The van der Waals surface area contributed by atoms with Crippen molar-refractivity contribution in [1.29, 1.82) is 0 Å². The molecule has 0 fully saturated rings. The van der Waals surface area contributed by atoms with E-state index >= 15 is 0 Å². The van der Waals surface area contributed by atoms with Gasteiger partial charge in [-0.05, 0) is 9.91 Å². The fourth-order valence-corrected chi connectivity index (χ4v) is 0.393. The van der Waals surface area contributed by atoms with Gasteiger partial charge in [-0.15, -0.1) is 0 Å². The average molecular weight is 197 g/mol. The quantitative estimate of drug-likeness (QED) is 0.289. The molecule has 1 heterocycles. The first-order valence-electron chi connectivity index (χ1n) is 2.44. The number of nitrogens with zero attached hydrogens (tertiary/aromatic N) is 5. The van der Waals surface area contributed by atoms with Crippen molar-refractivity contribution < 1.29 is 44.0 Å². The minimum absolute atomic E-state index is 0. The first-order chi connectivity index (χ1) is 5.59. The molecule has 11 heteroatoms. The van der Waals surface area contributed by atoms with Crippen molar-refractivity contribution in [3.63, 3.8) is 0 Å². The number of aromatic nitrogens is 2. The summed E-state index contributed by atoms with van der Waals surface area (Å²) in [5.41, 5.74) is 2.54. The van der Waals surface area contributed by atoms with Crippen LogP contribution in [0.1, 0.15) is 0 Å². The molecule has 0 spiro atoms. The van der Waals surface area contributed by atoms with E-state index in [1.807, 2.05) is 0 Å². The standard InChI is InChI=1S/C2N5O5.Na/c8-6(9)1-3-2(12-5-1)4-7(10)11;/q-1;+1. The number of hydrogen-bond donors (Lipinski definition) is 0. The van der Waals surface area contributed by atoms with Gasteiger partial charge < -0.3 is 10.1 Å². The normalized spacial score (nSPS) is 8.62. The minimum atomic E-state index is -1.10. The summed E-state index contributed by atoms with van der Waals surface area (Å²) in [5.74, 6) is -0.865. The smallest absolute Gasteiger partial charge is 0.390 e. The summed E-state index contributed by atoms with van der Waals surface area (Å²) in [7, 11) is 0. The summed E-state index contributed by atoms with van der Waals surface area (Å²) >= 11 is 0. The van der Waals surface area contributed by atoms with E-state index in [1.54, 1.807) is 0 Å². The summed E-state index contributed by atoms with van der Waals surface area (Å²) in [4.78, 5) is 21.6. The Morgan fingerprint density at radius 3 is 2.38 bits per heavy atom. The van der Waals surface area contributed by atoms with Crippen LogP contribution < -0.4 is 29.6 Å². The molecule has 0 N–H and O–H groups in total. The van der Waals surface area contributed by atoms with Crippen LogP contribution >= 0.6 is 0 Å². The third-order valence-corrected chi connectivity index (χ3v) is 0.735. The van der Waals surface area contributed by atoms with E-state index in [1.165, 1.54) is 0 Å². The van der Waals surface area contributed by atoms with Crippen LogP contribution in [0.2, 0.25) is 0 Å². The van der Waals surface area contributed by atoms with Crippen LogP contribution in [0.15, 0.2) is 4.52 Å². The largest absolute Gasteiger partial charge is 1.00 e. The van der Waals surface area contributed by atoms with Gasteiger partial charge in [0.05, 0.1) is 5.03 Å². The summed E-state index contributed by atoms with van der Waals surface area (Å²) in [5, 5.41) is 21.3. The molecule has 0 aliphatic heterocycles. The van der Waals surface area contributed by atoms with Gasteiger partial charge in [-0.1, -0.05) is 5.43 Å². The van der Waals surface area contributed by atoms with E-state index in [9.17, 15) is 20.2 Å². The van der Waals surface area contributed by atoms with Crippen molar-refractivity contribution in [3.05, 3.63) is 25.7 Å². The van der Waals surface area contributed by atoms with Gasteiger partial charge in [0.15, 0.2) is 0 Å². The van der Waals surface area contributed by atoms with E-state index in [0.717, 1.165) is 0 Å². The van der Waals surface area contributed by atoms with Crippen LogP contribution in [0, 0.1) is 20.2 Å². The molecule has 13 heavy (non-hydrogen) atoms. The van der Waals surface area contributed by atoms with E-state index in [-0.39, 0.29) is 29.6 Å². The Labute approximate surface area is 91.9 Å². The van der Waals surface area contributed by atoms with Gasteiger partial charge in [0.25, 0.3) is 0 Å². The maximum absolute atomic E-state index is 9.91. The third-order valence-electron chi connectivity index (χ3n) is 0.735. The average Bonchev–Trinajstić information content (AvgIpc) is 2.34. The molecule has 0 bridgehead atoms. The van der Waals surface area contributed by atoms with Gasteiger partial charge in [-0.3, -0.25) is 10.1 Å². The van der Waals surface area contributed by atoms with Crippen molar-refractivity contribution in [2.24, 2.45) is 0 Å². The number of rotatable bonds is 3. The maximum Gasteiger partial charge on any atom is 1.00 e. The summed E-state index contributed by atoms with van der Waals surface area (Å²) < 4.78 is 4.03. The molecule has 0 saturated carbocycles. The van der Waals surface area contributed by atoms with Gasteiger partial charge in [0.2, 0.25) is 0 Å². The second-order valence-electron chi connectivity index (χ2n) is 1.47. The fraction of sp³-hybridized carbons (Fsp3) is 0. The molecule has 1 aromatic rings. The number of nitro groups is 2. The van der Waals surface area contributed by atoms with Gasteiger partial charge >= 0.3 is 41.5 Å². The van der Waals surface area contributed by atoms with Crippen molar-refractivity contribution in [2.45, 2.75) is 0 Å². The molecule has 0 aliphatic carbocycles. The predicted molar refractivity (Wildman–Crippen MR) is 31.0 cm³/mol. The number of hydrogen-bond acceptors (Lipinski definition) is 7. The summed E-state index contributed by atoms with van der Waals surface area (Å²) in [6, 6.07) is -0.758. The van der Waals surface area contributed by atoms with Crippen molar-refractivity contribution in [2.75, 3.05) is 0 Å². The molecule has 0 aliphatic rings. The molecule has 1 aromatic heterocycles. The molecular weight excluding hydrogens is 197 g/mol. The predicted octanol–water partition coefficient (Wildman–Crippen LogP) is -2.82. The monoisotopic (exact) mass is 197 g/mol. The molecule has 0 radical (unpaired) electrons. The van der Waals surface area contributed by atoms with Crippen molar-refractivity contribution in [3.8, 4) is 0 Å². The molecule has 64 valence electrons. The van der Waals surface area contributed by atoms with Crippen LogP contribution in [-0.4, -0.2) is 20.1 Å². The maximum atomic E-state index is 9.91. The molecule has 0 atom stereocenters. The van der Waals surface area contributed by atoms with Crippen LogP contribution in [0.25, 0.3) is 5.43 Å². The van der Waals surface area contributed by atoms with Crippen LogP contribution in [0.4, 0.5) is 12.0 Å². The zero-order valence-corrected chi connectivity index (χ0v) is 8.28. The van der Waals surface area contributed by atoms with Gasteiger partial charge in [0, 0.05) is 0 Å². The van der Waals surface area contributed by atoms with Crippen LogP contribution in [0.3, 0.4) is 0 Å². The van der Waals surface area contributed by atoms with E-state index in [4.69, 9.17) is 0 Å². The second-order valence-corrected chi connectivity index (χ2v) is 1.47. The van der Waals surface area contributed by atoms with Crippen LogP contribution in [-0.2, 0) is 0 Å². The molecule has 0 aromatic carbocycles. The van der Waals surface area contributed by atoms with Crippen LogP contribution in [0.5, 0.6) is 0 Å². The Morgan fingerprint density at radius 1 is 1.38 bits per heavy atom. The van der Waals surface area contributed by atoms with Gasteiger partial charge in [-0.25, -0.2) is 4.52 Å². The Balaban J connectivity index is 0.00000144. The minimum Gasteiger partial charge on any atom is -0.390 e. The summed E-state index contributed by atoms with van der Waals surface area (Å²) in [6.45, 7) is 0. The zero-order valence-electron chi connectivity index (χ0n) is 6.28. The topological polar surface area (TPSA) is 139 Å². The first-order valence-corrected chi connectivity index (χ1v) is 2.44. The van der Waals surface area contributed by atoms with Gasteiger partial charge in [0.1, 0.15) is 5.16 Å². The third kappa shape index (κ3) is 3.31. The molecule has 10 nitrogen and oxygen atoms in total. The van der Waals surface area contributed by atoms with E-state index in [2.05, 4.69) is 20.1 Å². The van der Waals surface area contributed by atoms with Crippen molar-refractivity contribution in [1.82, 2.24) is 10.1 Å². The molecule has 0 saturated heterocycles.